The molecule has 648 valence electrons. The molecule has 11 N–H and O–H groups in total. The zero-order valence-electron chi connectivity index (χ0n) is 69.5. The highest BCUT2D eigenvalue weighted by Crippen LogP contribution is 2.27. The zero-order valence-corrected chi connectivity index (χ0v) is 69.5. The maximum absolute atomic E-state index is 13.9. The van der Waals surface area contributed by atoms with Gasteiger partial charge in [-0.25, -0.2) is 24.0 Å². The molecule has 0 radical (unpaired) electrons. The maximum atomic E-state index is 13.9. The van der Waals surface area contributed by atoms with Crippen molar-refractivity contribution < 1.29 is 101 Å². The van der Waals surface area contributed by atoms with Crippen LogP contribution in [-0.4, -0.2) is 149 Å². The summed E-state index contributed by atoms with van der Waals surface area (Å²) in [6.07, 6.45) is 3.40. The summed E-state index contributed by atoms with van der Waals surface area (Å²) in [6, 6.07) is 53.4. The van der Waals surface area contributed by atoms with Crippen molar-refractivity contribution in [3.63, 3.8) is 0 Å². The number of nitrogens with two attached hydrogens (primary N) is 2. The Balaban J connectivity index is 0.000000336. The number of primary amides is 1. The van der Waals surface area contributed by atoms with Gasteiger partial charge in [0.1, 0.15) is 60.8 Å². The van der Waals surface area contributed by atoms with E-state index in [1.54, 1.807) is 54.6 Å². The summed E-state index contributed by atoms with van der Waals surface area (Å²) in [4.78, 5) is 154. The number of carboxylic acids is 1. The first-order chi connectivity index (χ1) is 58.9. The Bertz CT molecular complexity index is 4450. The molecule has 29 heteroatoms. The number of methoxy groups -OCH3 is 4. The van der Waals surface area contributed by atoms with Crippen molar-refractivity contribution >= 4 is 71.2 Å². The largest absolute Gasteiger partial charge is 0.496 e. The molecule has 8 rings (SSSR count). The van der Waals surface area contributed by atoms with E-state index in [0.29, 0.717) is 99.6 Å². The fourth-order valence-electron chi connectivity index (χ4n) is 12.8. The molecule has 0 heterocycles. The highest BCUT2D eigenvalue weighted by Gasteiger charge is 2.28. The van der Waals surface area contributed by atoms with E-state index in [-0.39, 0.29) is 152 Å². The number of ether oxygens (including phenoxy) is 8. The Labute approximate surface area is 710 Å². The number of nitrogens with one attached hydrogen (secondary N) is 6. The van der Waals surface area contributed by atoms with Crippen LogP contribution in [0.3, 0.4) is 0 Å². The summed E-state index contributed by atoms with van der Waals surface area (Å²) in [7, 11) is 5.58. The second-order valence-corrected chi connectivity index (χ2v) is 28.9. The van der Waals surface area contributed by atoms with E-state index in [0.717, 1.165) is 22.3 Å². The van der Waals surface area contributed by atoms with E-state index >= 15 is 0 Å². The van der Waals surface area contributed by atoms with Crippen LogP contribution in [0.25, 0.3) is 0 Å². The van der Waals surface area contributed by atoms with E-state index in [1.165, 1.54) is 46.6 Å². The number of carbonyl (C=O) groups is 12. The lowest BCUT2D eigenvalue weighted by atomic mass is 9.93. The Morgan fingerprint density at radius 1 is 0.328 bits per heavy atom. The minimum atomic E-state index is -1.21. The van der Waals surface area contributed by atoms with Crippen LogP contribution in [0.4, 0.5) is 19.2 Å². The van der Waals surface area contributed by atoms with Crippen molar-refractivity contribution in [1.29, 1.82) is 0 Å². The van der Waals surface area contributed by atoms with E-state index in [1.807, 2.05) is 128 Å². The molecule has 0 spiro atoms. The van der Waals surface area contributed by atoms with Gasteiger partial charge in [0.05, 0.1) is 63.3 Å². The molecule has 4 atom stereocenters. The number of aromatic carboxylic acids is 1. The van der Waals surface area contributed by atoms with Gasteiger partial charge in [-0.1, -0.05) is 159 Å². The van der Waals surface area contributed by atoms with Crippen molar-refractivity contribution in [3.05, 3.63) is 261 Å². The van der Waals surface area contributed by atoms with Gasteiger partial charge in [0.15, 0.2) is 17.3 Å². The molecule has 0 aliphatic carbocycles. The Kier molecular flexibility index (Phi) is 41.2. The number of carboxylic acid groups (broad SMARTS) is 1. The van der Waals surface area contributed by atoms with Crippen LogP contribution in [0, 0.1) is 5.92 Å². The van der Waals surface area contributed by atoms with Gasteiger partial charge in [0.25, 0.3) is 17.7 Å². The third kappa shape index (κ3) is 34.1. The summed E-state index contributed by atoms with van der Waals surface area (Å²) in [5, 5.41) is 26.2. The summed E-state index contributed by atoms with van der Waals surface area (Å²) in [5.74, 6) is -3.43. The topological polar surface area (TPSA) is 423 Å². The van der Waals surface area contributed by atoms with Crippen LogP contribution in [-0.2, 0) is 90.2 Å². The molecule has 0 saturated heterocycles. The average molecular weight is 1680 g/mol. The van der Waals surface area contributed by atoms with Crippen LogP contribution < -0.4 is 62.3 Å². The molecule has 8 aromatic rings. The van der Waals surface area contributed by atoms with Crippen LogP contribution in [0.5, 0.6) is 23.0 Å². The maximum Gasteiger partial charge on any atom is 0.407 e. The Morgan fingerprint density at radius 3 is 0.926 bits per heavy atom. The molecule has 29 nitrogen and oxygen atoms in total. The number of Topliss-reactive ketones (excluding diaryl/α,β-unsaturated/α-hetero) is 4. The number of amides is 7. The zero-order chi connectivity index (χ0) is 88.0. The van der Waals surface area contributed by atoms with Gasteiger partial charge in [-0.15, -0.1) is 0 Å². The molecule has 0 aliphatic rings. The molecule has 122 heavy (non-hydrogen) atoms. The predicted octanol–water partition coefficient (Wildman–Crippen LogP) is 12.6. The predicted molar refractivity (Wildman–Crippen MR) is 456 cm³/mol. The van der Waals surface area contributed by atoms with E-state index in [9.17, 15) is 62.6 Å². The Hall–Kier alpha value is -13.4. The van der Waals surface area contributed by atoms with Crippen LogP contribution in [0.1, 0.15) is 170 Å². The third-order valence-electron chi connectivity index (χ3n) is 19.7. The second kappa shape index (κ2) is 52.5. The SMILES string of the molecule is COc1ccc(CC(=O)[C@H](CCCCNC(=O)OCc2ccccc2)NC(=O)c2cc(CC(=O)[C@@H](C)CCCCNC(=O)OCc3ccccc3)ccc2OC)cc1C(=O)O.COc1ccc(CC(=O)[C@H](CCCCNC(=O)OCc2ccccc2)NC(=O)c2cc(CC(=O)[C@@H](N)CCCCNC(=O)OCc3ccccc3)ccc2OC)cc1C(N)=O. The van der Waals surface area contributed by atoms with Crippen LogP contribution >= 0.6 is 0 Å². The van der Waals surface area contributed by atoms with Gasteiger partial charge in [-0.05, 0) is 164 Å². The van der Waals surface area contributed by atoms with E-state index < -0.39 is 66.2 Å². The van der Waals surface area contributed by atoms with Crippen LogP contribution in [0.2, 0.25) is 0 Å². The Morgan fingerprint density at radius 2 is 0.607 bits per heavy atom. The third-order valence-corrected chi connectivity index (χ3v) is 19.7. The molecule has 0 fully saturated rings. The number of rotatable bonds is 50. The number of hydrogen-bond acceptors (Lipinski definition) is 21. The van der Waals surface area contributed by atoms with Gasteiger partial charge < -0.3 is 86.4 Å². The molecule has 0 aliphatic heterocycles. The van der Waals surface area contributed by atoms with Gasteiger partial charge in [0.2, 0.25) is 0 Å². The number of ketones is 4. The minimum Gasteiger partial charge on any atom is -0.496 e. The highest BCUT2D eigenvalue weighted by atomic mass is 16.6. The van der Waals surface area contributed by atoms with Crippen molar-refractivity contribution in [2.24, 2.45) is 17.4 Å². The average Bonchev–Trinajstić information content (AvgIpc) is 0.797. The summed E-state index contributed by atoms with van der Waals surface area (Å²) < 4.78 is 42.3. The van der Waals surface area contributed by atoms with Crippen molar-refractivity contribution in [2.45, 2.75) is 154 Å². The summed E-state index contributed by atoms with van der Waals surface area (Å²) in [5.41, 5.74) is 17.6. The monoisotopic (exact) mass is 1670 g/mol. The van der Waals surface area contributed by atoms with Crippen molar-refractivity contribution in [2.75, 3.05) is 54.6 Å². The van der Waals surface area contributed by atoms with Gasteiger partial charge in [-0.2, -0.15) is 0 Å². The number of alkyl carbamates (subject to hydrolysis) is 4. The number of carbonyl (C=O) groups excluding carboxylic acids is 11. The first kappa shape index (κ1) is 95.7. The molecule has 8 aromatic carbocycles. The summed E-state index contributed by atoms with van der Waals surface area (Å²) >= 11 is 0. The second-order valence-electron chi connectivity index (χ2n) is 28.9. The fraction of sp³-hybridized carbons (Fsp3) is 0.355. The molecule has 0 unspecified atom stereocenters. The fourth-order valence-corrected chi connectivity index (χ4v) is 12.8. The minimum absolute atomic E-state index is 0.0161. The van der Waals surface area contributed by atoms with Crippen molar-refractivity contribution in [3.8, 4) is 23.0 Å². The quantitative estimate of drug-likeness (QED) is 0.0126. The molecule has 0 saturated carbocycles. The number of unbranched alkanes of at least 4 members (excludes halogenated alkanes) is 4. The molecule has 0 bridgehead atoms. The normalized spacial score (nSPS) is 11.7. The van der Waals surface area contributed by atoms with E-state index in [2.05, 4.69) is 31.9 Å². The number of benzene rings is 8. The molecular formula is C93H110N8O21. The van der Waals surface area contributed by atoms with E-state index in [4.69, 9.17) is 49.4 Å². The standard InChI is InChI=1S/C47H55N3O11.C46H55N5O10/c1-32(14-10-12-24-48-46(56)60-30-33-15-6-4-7-16-33)40(51)28-35-20-22-42(58-2)37(26-35)44(53)50-39(41(52)29-36-21-23-43(59-3)38(27-36)45(54)55)19-11-13-25-49-47(57)61-31-34-17-8-5-9-18-34;1-58-41-21-19-33(25-35(41)43(48)54)28-40(53)38(18-10-12-24-50-46(57)61-30-32-15-7-4-8-16-32)51-44(55)36-26-34(20-22-42(36)59-2)27-39(52)37(47)17-9-11-23-49-45(56)60-29-31-13-5-3-6-14-31/h4-9,15-18,20-23,26-27,32,39H,10-14,19,24-25,28-31H2,1-3H3,(H,48,56)(H,49,57)(H,50,53)(H,54,55);3-8,13-16,19-22,25-26,37-38H,9-12,17-18,23-24,27-30,47H2,1-2H3,(H2,48,54)(H,49,56)(H,50,57)(H,51,55)/t32-,39-;37-,38-/m00/s1. The molecule has 0 aromatic heterocycles. The van der Waals surface area contributed by atoms with Gasteiger partial charge >= 0.3 is 30.3 Å². The first-order valence-corrected chi connectivity index (χ1v) is 40.4. The van der Waals surface area contributed by atoms with Gasteiger partial charge in [0, 0.05) is 57.8 Å². The van der Waals surface area contributed by atoms with Crippen molar-refractivity contribution in [1.82, 2.24) is 31.9 Å². The summed E-state index contributed by atoms with van der Waals surface area (Å²) in [6.45, 7) is 3.77. The lowest BCUT2D eigenvalue weighted by Crippen LogP contribution is -2.42. The molecule has 7 amide bonds. The van der Waals surface area contributed by atoms with Crippen LogP contribution in [0.15, 0.2) is 194 Å². The number of hydrogen-bond donors (Lipinski definition) is 9. The smallest absolute Gasteiger partial charge is 0.407 e. The highest BCUT2D eigenvalue weighted by molar-refractivity contribution is 6.02. The lowest BCUT2D eigenvalue weighted by molar-refractivity contribution is -0.122. The molecular weight excluding hydrogens is 1570 g/mol. The van der Waals surface area contributed by atoms with Gasteiger partial charge in [-0.3, -0.25) is 33.6 Å². The lowest BCUT2D eigenvalue weighted by Gasteiger charge is -2.20. The first-order valence-electron chi connectivity index (χ1n) is 40.4.